The van der Waals surface area contributed by atoms with Crippen LogP contribution in [0.15, 0.2) is 42.5 Å². The summed E-state index contributed by atoms with van der Waals surface area (Å²) >= 11 is 0. The molecule has 0 amide bonds. The van der Waals surface area contributed by atoms with E-state index in [9.17, 15) is 14.0 Å². The number of halogens is 1. The summed E-state index contributed by atoms with van der Waals surface area (Å²) in [5.41, 5.74) is 1.21. The Bertz CT molecular complexity index is 892. The molecule has 0 heterocycles. The number of methoxy groups -OCH3 is 2. The van der Waals surface area contributed by atoms with E-state index < -0.39 is 5.60 Å². The van der Waals surface area contributed by atoms with Crippen molar-refractivity contribution in [2.24, 2.45) is 0 Å². The molecule has 0 atom stereocenters. The zero-order chi connectivity index (χ0) is 23.9. The third kappa shape index (κ3) is 10.1. The molecule has 2 aromatic carbocycles. The number of hydrogen-bond donors (Lipinski definition) is 0. The molecule has 0 fully saturated rings. The summed E-state index contributed by atoms with van der Waals surface area (Å²) in [6.07, 6.45) is 2.04. The smallest absolute Gasteiger partial charge is 0.165 e. The highest BCUT2D eigenvalue weighted by Crippen LogP contribution is 2.18. The van der Waals surface area contributed by atoms with Crippen LogP contribution in [0.4, 0.5) is 4.39 Å². The first kappa shape index (κ1) is 28.0. The van der Waals surface area contributed by atoms with Crippen LogP contribution in [0.3, 0.4) is 0 Å². The van der Waals surface area contributed by atoms with E-state index in [2.05, 4.69) is 11.8 Å². The van der Waals surface area contributed by atoms with Gasteiger partial charge in [-0.15, -0.1) is 0 Å². The molecule has 0 saturated heterocycles. The van der Waals surface area contributed by atoms with Gasteiger partial charge in [-0.2, -0.15) is 0 Å². The van der Waals surface area contributed by atoms with Crippen molar-refractivity contribution in [3.8, 4) is 17.6 Å². The summed E-state index contributed by atoms with van der Waals surface area (Å²) in [6.45, 7) is 9.67. The molecule has 5 heteroatoms. The van der Waals surface area contributed by atoms with Gasteiger partial charge < -0.3 is 9.47 Å². The summed E-state index contributed by atoms with van der Waals surface area (Å²) < 4.78 is 23.1. The third-order valence-electron chi connectivity index (χ3n) is 4.03. The first-order chi connectivity index (χ1) is 14.8. The number of carbonyl (C=O) groups excluding carboxylic acids is 2. The Labute approximate surface area is 185 Å². The van der Waals surface area contributed by atoms with E-state index in [1.807, 2.05) is 34.6 Å². The summed E-state index contributed by atoms with van der Waals surface area (Å²) in [6, 6.07) is 11.4. The Hall–Kier alpha value is -2.97. The maximum absolute atomic E-state index is 13.1. The summed E-state index contributed by atoms with van der Waals surface area (Å²) in [4.78, 5) is 22.0. The molecule has 0 N–H and O–H groups in total. The molecule has 0 unspecified atom stereocenters. The van der Waals surface area contributed by atoms with Gasteiger partial charge in [-0.1, -0.05) is 56.9 Å². The fourth-order valence-electron chi connectivity index (χ4n) is 2.23. The zero-order valence-corrected chi connectivity index (χ0v) is 19.5. The molecule has 0 aromatic heterocycles. The van der Waals surface area contributed by atoms with E-state index >= 15 is 0 Å². The molecular formula is C26H33FO4. The van der Waals surface area contributed by atoms with Crippen LogP contribution in [0.25, 0.3) is 0 Å². The first-order valence-electron chi connectivity index (χ1n) is 10.3. The molecule has 0 aliphatic carbocycles. The maximum Gasteiger partial charge on any atom is 0.165 e. The molecular weight excluding hydrogens is 395 g/mol. The number of aldehydes is 1. The van der Waals surface area contributed by atoms with Gasteiger partial charge in [0.15, 0.2) is 23.6 Å². The van der Waals surface area contributed by atoms with Gasteiger partial charge >= 0.3 is 0 Å². The molecule has 31 heavy (non-hydrogen) atoms. The van der Waals surface area contributed by atoms with E-state index in [1.54, 1.807) is 43.5 Å². The molecule has 0 aliphatic rings. The highest BCUT2D eigenvalue weighted by molar-refractivity contribution is 6.02. The van der Waals surface area contributed by atoms with Crippen molar-refractivity contribution < 1.29 is 23.5 Å². The quantitative estimate of drug-likeness (QED) is 0.316. The van der Waals surface area contributed by atoms with E-state index in [1.165, 1.54) is 13.2 Å². The molecule has 4 nitrogen and oxygen atoms in total. The lowest BCUT2D eigenvalue weighted by Gasteiger charge is -2.14. The van der Waals surface area contributed by atoms with Gasteiger partial charge in [-0.05, 0) is 38.5 Å². The standard InChI is InChI=1S/C13H15FO2.C11H12O2.C2H6/c1-13(2,16-4)8-7-10-5-6-11(14)12(9-10)15-3;1-2-5-11(13)10-7-4-3-6-9(10)8-12;1-2/h5-6,9H,1-4H3;3-4,6-8H,2,5H2,1H3;1-2H3. The number of ketones is 1. The van der Waals surface area contributed by atoms with Crippen LogP contribution in [0, 0.1) is 17.7 Å². The van der Waals surface area contributed by atoms with Gasteiger partial charge in [0.25, 0.3) is 0 Å². The van der Waals surface area contributed by atoms with Crippen LogP contribution in [0.1, 0.15) is 73.7 Å². The van der Waals surface area contributed by atoms with Crippen LogP contribution >= 0.6 is 0 Å². The van der Waals surface area contributed by atoms with Crippen molar-refractivity contribution in [2.45, 2.75) is 53.1 Å². The van der Waals surface area contributed by atoms with Crippen molar-refractivity contribution in [2.75, 3.05) is 14.2 Å². The fourth-order valence-corrected chi connectivity index (χ4v) is 2.23. The Morgan fingerprint density at radius 2 is 1.77 bits per heavy atom. The highest BCUT2D eigenvalue weighted by atomic mass is 19.1. The van der Waals surface area contributed by atoms with E-state index in [0.29, 0.717) is 23.1 Å². The zero-order valence-electron chi connectivity index (χ0n) is 19.5. The van der Waals surface area contributed by atoms with Crippen molar-refractivity contribution in [1.82, 2.24) is 0 Å². The molecule has 0 aliphatic heterocycles. The van der Waals surface area contributed by atoms with Gasteiger partial charge in [-0.3, -0.25) is 9.59 Å². The molecule has 2 aromatic rings. The molecule has 0 bridgehead atoms. The summed E-state index contributed by atoms with van der Waals surface area (Å²) in [5, 5.41) is 0. The van der Waals surface area contributed by atoms with E-state index in [0.717, 1.165) is 12.7 Å². The van der Waals surface area contributed by atoms with Crippen LogP contribution in [-0.2, 0) is 4.74 Å². The van der Waals surface area contributed by atoms with Crippen molar-refractivity contribution in [3.05, 3.63) is 65.0 Å². The number of hydrogen-bond acceptors (Lipinski definition) is 4. The van der Waals surface area contributed by atoms with Crippen molar-refractivity contribution in [1.29, 1.82) is 0 Å². The summed E-state index contributed by atoms with van der Waals surface area (Å²) in [7, 11) is 3.02. The van der Waals surface area contributed by atoms with Gasteiger partial charge in [-0.25, -0.2) is 4.39 Å². The second kappa shape index (κ2) is 14.9. The molecule has 0 saturated carbocycles. The van der Waals surface area contributed by atoms with Crippen molar-refractivity contribution >= 4 is 12.1 Å². The van der Waals surface area contributed by atoms with Crippen LogP contribution in [0.2, 0.25) is 0 Å². The number of ether oxygens (including phenoxy) is 2. The lowest BCUT2D eigenvalue weighted by Crippen LogP contribution is -2.19. The average Bonchev–Trinajstić information content (AvgIpc) is 2.80. The van der Waals surface area contributed by atoms with Crippen molar-refractivity contribution in [3.63, 3.8) is 0 Å². The van der Waals surface area contributed by atoms with Gasteiger partial charge in [0.2, 0.25) is 0 Å². The molecule has 0 radical (unpaired) electrons. The minimum Gasteiger partial charge on any atom is -0.494 e. The van der Waals surface area contributed by atoms with Gasteiger partial charge in [0.05, 0.1) is 7.11 Å². The molecule has 0 spiro atoms. The Kier molecular flexibility index (Phi) is 13.5. The van der Waals surface area contributed by atoms with E-state index in [4.69, 9.17) is 9.47 Å². The Balaban J connectivity index is 0.000000547. The third-order valence-corrected chi connectivity index (χ3v) is 4.03. The molecule has 168 valence electrons. The fraction of sp³-hybridized carbons (Fsp3) is 0.385. The first-order valence-corrected chi connectivity index (χ1v) is 10.3. The SMILES string of the molecule is CC.CCCC(=O)c1ccccc1C=O.COc1cc(C#CC(C)(C)OC)ccc1F. The number of rotatable bonds is 6. The topological polar surface area (TPSA) is 52.6 Å². The average molecular weight is 429 g/mol. The number of benzene rings is 2. The Morgan fingerprint density at radius 3 is 2.32 bits per heavy atom. The number of Topliss-reactive ketones (excluding diaryl/α,β-unsaturated/α-hetero) is 1. The lowest BCUT2D eigenvalue weighted by atomic mass is 10.0. The molecule has 2 rings (SSSR count). The van der Waals surface area contributed by atoms with Crippen LogP contribution in [-0.4, -0.2) is 31.9 Å². The second-order valence-corrected chi connectivity index (χ2v) is 6.69. The predicted molar refractivity (Wildman–Crippen MR) is 123 cm³/mol. The predicted octanol–water partition coefficient (Wildman–Crippen LogP) is 6.12. The minimum atomic E-state index is -0.512. The van der Waals surface area contributed by atoms with Crippen LogP contribution < -0.4 is 4.74 Å². The number of carbonyl (C=O) groups is 2. The minimum absolute atomic E-state index is 0.0465. The maximum atomic E-state index is 13.1. The monoisotopic (exact) mass is 428 g/mol. The highest BCUT2D eigenvalue weighted by Gasteiger charge is 2.11. The van der Waals surface area contributed by atoms with E-state index in [-0.39, 0.29) is 17.3 Å². The van der Waals surface area contributed by atoms with Crippen LogP contribution in [0.5, 0.6) is 5.75 Å². The van der Waals surface area contributed by atoms with Gasteiger partial charge in [0.1, 0.15) is 5.60 Å². The largest absolute Gasteiger partial charge is 0.494 e. The lowest BCUT2D eigenvalue weighted by molar-refractivity contribution is 0.0741. The Morgan fingerprint density at radius 1 is 1.13 bits per heavy atom. The van der Waals surface area contributed by atoms with Gasteiger partial charge in [0, 0.05) is 30.2 Å². The summed E-state index contributed by atoms with van der Waals surface area (Å²) in [5.74, 6) is 5.71. The normalized spacial score (nSPS) is 9.68. The second-order valence-electron chi connectivity index (χ2n) is 6.69.